The highest BCUT2D eigenvalue weighted by atomic mass is 32.2. The van der Waals surface area contributed by atoms with Crippen LogP contribution in [0.5, 0.6) is 0 Å². The van der Waals surface area contributed by atoms with Gasteiger partial charge in [-0.25, -0.2) is 0 Å². The van der Waals surface area contributed by atoms with Crippen LogP contribution in [0.25, 0.3) is 0 Å². The molecule has 0 radical (unpaired) electrons. The van der Waals surface area contributed by atoms with E-state index in [4.69, 9.17) is 10.5 Å². The van der Waals surface area contributed by atoms with E-state index in [2.05, 4.69) is 5.32 Å². The van der Waals surface area contributed by atoms with E-state index < -0.39 is 0 Å². The Labute approximate surface area is 132 Å². The van der Waals surface area contributed by atoms with Crippen molar-refractivity contribution in [3.63, 3.8) is 0 Å². The molecule has 0 atom stereocenters. The summed E-state index contributed by atoms with van der Waals surface area (Å²) in [7, 11) is 0. The second-order valence-electron chi connectivity index (χ2n) is 6.37. The lowest BCUT2D eigenvalue weighted by atomic mass is 9.94. The number of nitrogens with one attached hydrogen (secondary N) is 1. The summed E-state index contributed by atoms with van der Waals surface area (Å²) in [6.45, 7) is 1.49. The van der Waals surface area contributed by atoms with Crippen LogP contribution >= 0.6 is 11.8 Å². The van der Waals surface area contributed by atoms with Crippen LogP contribution in [0.3, 0.4) is 0 Å². The highest BCUT2D eigenvalue weighted by molar-refractivity contribution is 7.99. The van der Waals surface area contributed by atoms with Crippen molar-refractivity contribution in [2.24, 2.45) is 11.7 Å². The molecular formula is C16H30N2O2S. The standard InChI is InChI=1S/C16H30N2O2S/c17-14-2-4-15(5-3-14)20-9-1-8-18-16(19)12-13-6-10-21-11-7-13/h13-15H,1-12,17H2,(H,18,19). The molecule has 21 heavy (non-hydrogen) atoms. The zero-order valence-corrected chi connectivity index (χ0v) is 13.8. The zero-order chi connectivity index (χ0) is 14.9. The van der Waals surface area contributed by atoms with Crippen molar-refractivity contribution in [2.75, 3.05) is 24.7 Å². The summed E-state index contributed by atoms with van der Waals surface area (Å²) in [6.07, 6.45) is 8.76. The fraction of sp³-hybridized carbons (Fsp3) is 0.938. The predicted molar refractivity (Wildman–Crippen MR) is 88.5 cm³/mol. The van der Waals surface area contributed by atoms with Gasteiger partial charge in [-0.05, 0) is 62.4 Å². The highest BCUT2D eigenvalue weighted by Gasteiger charge is 2.19. The molecule has 1 saturated carbocycles. The van der Waals surface area contributed by atoms with E-state index in [-0.39, 0.29) is 5.91 Å². The van der Waals surface area contributed by atoms with Gasteiger partial charge in [0, 0.05) is 25.6 Å². The van der Waals surface area contributed by atoms with Crippen LogP contribution < -0.4 is 11.1 Å². The predicted octanol–water partition coefficient (Wildman–Crippen LogP) is 2.31. The van der Waals surface area contributed by atoms with Crippen LogP contribution in [0.1, 0.15) is 51.4 Å². The van der Waals surface area contributed by atoms with Crippen molar-refractivity contribution in [3.8, 4) is 0 Å². The molecule has 0 spiro atoms. The Morgan fingerprint density at radius 1 is 1.14 bits per heavy atom. The van der Waals surface area contributed by atoms with Gasteiger partial charge in [0.25, 0.3) is 0 Å². The van der Waals surface area contributed by atoms with Crippen molar-refractivity contribution < 1.29 is 9.53 Å². The average Bonchev–Trinajstić information content (AvgIpc) is 2.50. The third kappa shape index (κ3) is 7.02. The van der Waals surface area contributed by atoms with E-state index in [1.165, 1.54) is 24.3 Å². The minimum absolute atomic E-state index is 0.218. The molecule has 2 rings (SSSR count). The first-order valence-electron chi connectivity index (χ1n) is 8.45. The van der Waals surface area contributed by atoms with E-state index in [1.54, 1.807) is 0 Å². The number of carbonyl (C=O) groups excluding carboxylic acids is 1. The number of ether oxygens (including phenoxy) is 1. The zero-order valence-electron chi connectivity index (χ0n) is 13.0. The van der Waals surface area contributed by atoms with Gasteiger partial charge in [0.2, 0.25) is 5.91 Å². The molecule has 3 N–H and O–H groups in total. The lowest BCUT2D eigenvalue weighted by molar-refractivity contribution is -0.122. The third-order valence-corrected chi connectivity index (χ3v) is 5.58. The molecule has 1 amide bonds. The molecule has 0 aromatic carbocycles. The van der Waals surface area contributed by atoms with Gasteiger partial charge >= 0.3 is 0 Å². The fourth-order valence-electron chi connectivity index (χ4n) is 3.09. The molecule has 2 aliphatic rings. The monoisotopic (exact) mass is 314 g/mol. The Hall–Kier alpha value is -0.260. The van der Waals surface area contributed by atoms with Gasteiger partial charge in [0.1, 0.15) is 0 Å². The number of amides is 1. The Kier molecular flexibility index (Phi) is 7.89. The summed E-state index contributed by atoms with van der Waals surface area (Å²) >= 11 is 2.01. The number of thioether (sulfide) groups is 1. The SMILES string of the molecule is NC1CCC(OCCCNC(=O)CC2CCSCC2)CC1. The van der Waals surface area contributed by atoms with E-state index >= 15 is 0 Å². The largest absolute Gasteiger partial charge is 0.378 e. The maximum absolute atomic E-state index is 11.8. The molecule has 1 aliphatic carbocycles. The topological polar surface area (TPSA) is 64.3 Å². The Morgan fingerprint density at radius 3 is 2.57 bits per heavy atom. The van der Waals surface area contributed by atoms with Crippen molar-refractivity contribution in [2.45, 2.75) is 63.5 Å². The van der Waals surface area contributed by atoms with Crippen molar-refractivity contribution in [1.29, 1.82) is 0 Å². The van der Waals surface area contributed by atoms with Crippen LogP contribution in [0.4, 0.5) is 0 Å². The quantitative estimate of drug-likeness (QED) is 0.708. The van der Waals surface area contributed by atoms with Gasteiger partial charge in [-0.2, -0.15) is 11.8 Å². The van der Waals surface area contributed by atoms with Gasteiger partial charge < -0.3 is 15.8 Å². The summed E-state index contributed by atoms with van der Waals surface area (Å²) in [5.74, 6) is 3.26. The Bertz CT molecular complexity index is 301. The van der Waals surface area contributed by atoms with Crippen LogP contribution in [0.2, 0.25) is 0 Å². The third-order valence-electron chi connectivity index (χ3n) is 4.53. The summed E-state index contributed by atoms with van der Waals surface area (Å²) in [6, 6.07) is 0.377. The molecule has 0 aromatic heterocycles. The van der Waals surface area contributed by atoms with Crippen molar-refractivity contribution >= 4 is 17.7 Å². The summed E-state index contributed by atoms with van der Waals surface area (Å²) in [5.41, 5.74) is 5.88. The molecule has 4 nitrogen and oxygen atoms in total. The molecule has 0 aromatic rings. The van der Waals surface area contributed by atoms with E-state index in [0.717, 1.165) is 45.3 Å². The van der Waals surface area contributed by atoms with Gasteiger partial charge in [-0.1, -0.05) is 0 Å². The van der Waals surface area contributed by atoms with Crippen LogP contribution in [0.15, 0.2) is 0 Å². The first kappa shape index (κ1) is 17.1. The molecule has 5 heteroatoms. The lowest BCUT2D eigenvalue weighted by Gasteiger charge is -2.26. The molecule has 122 valence electrons. The Morgan fingerprint density at radius 2 is 1.86 bits per heavy atom. The normalized spacial score (nSPS) is 27.5. The molecule has 2 fully saturated rings. The number of rotatable bonds is 7. The summed E-state index contributed by atoms with van der Waals surface area (Å²) in [5, 5.41) is 3.03. The summed E-state index contributed by atoms with van der Waals surface area (Å²) < 4.78 is 5.85. The van der Waals surface area contributed by atoms with E-state index in [0.29, 0.717) is 24.5 Å². The number of hydrogen-bond acceptors (Lipinski definition) is 4. The van der Waals surface area contributed by atoms with Gasteiger partial charge in [-0.3, -0.25) is 4.79 Å². The van der Waals surface area contributed by atoms with Gasteiger partial charge in [-0.15, -0.1) is 0 Å². The molecule has 0 bridgehead atoms. The fourth-order valence-corrected chi connectivity index (χ4v) is 4.29. The van der Waals surface area contributed by atoms with Crippen molar-refractivity contribution in [3.05, 3.63) is 0 Å². The summed E-state index contributed by atoms with van der Waals surface area (Å²) in [4.78, 5) is 11.8. The maximum Gasteiger partial charge on any atom is 0.220 e. The second kappa shape index (κ2) is 9.70. The number of nitrogens with two attached hydrogens (primary N) is 1. The average molecular weight is 314 g/mol. The smallest absolute Gasteiger partial charge is 0.220 e. The first-order valence-corrected chi connectivity index (χ1v) is 9.61. The van der Waals surface area contributed by atoms with Crippen LogP contribution in [-0.2, 0) is 9.53 Å². The molecule has 1 heterocycles. The lowest BCUT2D eigenvalue weighted by Crippen LogP contribution is -2.31. The minimum atomic E-state index is 0.218. The van der Waals surface area contributed by atoms with Crippen LogP contribution in [0, 0.1) is 5.92 Å². The minimum Gasteiger partial charge on any atom is -0.378 e. The Balaban J connectivity index is 1.44. The number of carbonyl (C=O) groups is 1. The van der Waals surface area contributed by atoms with Gasteiger partial charge in [0.15, 0.2) is 0 Å². The van der Waals surface area contributed by atoms with E-state index in [9.17, 15) is 4.79 Å². The molecular weight excluding hydrogens is 284 g/mol. The highest BCUT2D eigenvalue weighted by Crippen LogP contribution is 2.25. The number of hydrogen-bond donors (Lipinski definition) is 2. The molecule has 0 unspecified atom stereocenters. The molecule has 1 saturated heterocycles. The second-order valence-corrected chi connectivity index (χ2v) is 7.60. The molecule has 1 aliphatic heterocycles. The van der Waals surface area contributed by atoms with Crippen LogP contribution in [-0.4, -0.2) is 42.7 Å². The first-order chi connectivity index (χ1) is 10.2. The van der Waals surface area contributed by atoms with Gasteiger partial charge in [0.05, 0.1) is 6.10 Å². The van der Waals surface area contributed by atoms with Crippen molar-refractivity contribution in [1.82, 2.24) is 5.32 Å². The van der Waals surface area contributed by atoms with E-state index in [1.807, 2.05) is 11.8 Å². The maximum atomic E-state index is 11.8.